The molecule has 7 nitrogen and oxygen atoms in total. The average molecular weight is 356 g/mol. The number of benzene rings is 2. The van der Waals surface area contributed by atoms with E-state index in [0.29, 0.717) is 19.0 Å². The van der Waals surface area contributed by atoms with Gasteiger partial charge in [0.2, 0.25) is 0 Å². The van der Waals surface area contributed by atoms with Gasteiger partial charge >= 0.3 is 0 Å². The predicted octanol–water partition coefficient (Wildman–Crippen LogP) is 3.04. The Hall–Kier alpha value is -3.09. The van der Waals surface area contributed by atoms with Gasteiger partial charge in [-0.1, -0.05) is 30.3 Å². The summed E-state index contributed by atoms with van der Waals surface area (Å²) in [6.45, 7) is 5.00. The van der Waals surface area contributed by atoms with Crippen molar-refractivity contribution in [3.8, 4) is 5.75 Å². The van der Waals surface area contributed by atoms with Crippen LogP contribution < -0.4 is 15.4 Å². The van der Waals surface area contributed by atoms with Gasteiger partial charge in [-0.25, -0.2) is 0 Å². The van der Waals surface area contributed by atoms with Crippen molar-refractivity contribution in [2.75, 3.05) is 13.6 Å². The first-order valence-electron chi connectivity index (χ1n) is 8.39. The molecular weight excluding hydrogens is 332 g/mol. The third kappa shape index (κ3) is 5.77. The fourth-order valence-electron chi connectivity index (χ4n) is 2.37. The number of aryl methyl sites for hydroxylation is 1. The molecule has 0 radical (unpaired) electrons. The standard InChI is InChI=1S/C19H24N4O3/c1-14-7-4-5-10-18(14)26-15(2)12-21-19(20-3)22-13-16-8-6-9-17(11-16)23(24)25/h4-11,15H,12-13H2,1-3H3,(H2,20,21,22). The van der Waals surface area contributed by atoms with Crippen molar-refractivity contribution in [3.05, 3.63) is 69.8 Å². The Morgan fingerprint density at radius 1 is 1.23 bits per heavy atom. The van der Waals surface area contributed by atoms with E-state index in [2.05, 4.69) is 15.6 Å². The summed E-state index contributed by atoms with van der Waals surface area (Å²) in [5, 5.41) is 17.2. The van der Waals surface area contributed by atoms with E-state index in [4.69, 9.17) is 4.74 Å². The molecule has 2 aromatic carbocycles. The van der Waals surface area contributed by atoms with Crippen LogP contribution in [0.5, 0.6) is 5.75 Å². The van der Waals surface area contributed by atoms with Crippen molar-refractivity contribution in [2.24, 2.45) is 4.99 Å². The zero-order valence-corrected chi connectivity index (χ0v) is 15.2. The van der Waals surface area contributed by atoms with Crippen LogP contribution in [0.3, 0.4) is 0 Å². The molecule has 1 unspecified atom stereocenters. The van der Waals surface area contributed by atoms with Gasteiger partial charge in [-0.3, -0.25) is 15.1 Å². The summed E-state index contributed by atoms with van der Waals surface area (Å²) in [5.41, 5.74) is 1.98. The van der Waals surface area contributed by atoms with Crippen LogP contribution in [0.15, 0.2) is 53.5 Å². The number of nitro groups is 1. The average Bonchev–Trinajstić information content (AvgIpc) is 2.64. The minimum absolute atomic E-state index is 0.0486. The second kappa shape index (κ2) is 9.41. The van der Waals surface area contributed by atoms with E-state index in [1.165, 1.54) is 6.07 Å². The first-order chi connectivity index (χ1) is 12.5. The summed E-state index contributed by atoms with van der Waals surface area (Å²) in [5.74, 6) is 1.47. The van der Waals surface area contributed by atoms with Gasteiger partial charge in [-0.05, 0) is 31.0 Å². The molecule has 0 bridgehead atoms. The summed E-state index contributed by atoms with van der Waals surface area (Å²) in [6.07, 6.45) is -0.0486. The number of nitro benzene ring substituents is 1. The molecule has 0 aliphatic heterocycles. The van der Waals surface area contributed by atoms with Gasteiger partial charge in [0.25, 0.3) is 5.69 Å². The number of nitrogens with zero attached hydrogens (tertiary/aromatic N) is 2. The first kappa shape index (κ1) is 19.2. The van der Waals surface area contributed by atoms with E-state index in [0.717, 1.165) is 16.9 Å². The van der Waals surface area contributed by atoms with Gasteiger partial charge in [0.15, 0.2) is 5.96 Å². The van der Waals surface area contributed by atoms with Crippen molar-refractivity contribution in [1.82, 2.24) is 10.6 Å². The normalized spacial score (nSPS) is 12.3. The maximum absolute atomic E-state index is 10.8. The van der Waals surface area contributed by atoms with Crippen LogP contribution in [0.2, 0.25) is 0 Å². The molecule has 26 heavy (non-hydrogen) atoms. The Balaban J connectivity index is 1.83. The molecule has 2 rings (SSSR count). The molecule has 138 valence electrons. The van der Waals surface area contributed by atoms with Gasteiger partial charge in [0.1, 0.15) is 11.9 Å². The number of aliphatic imine (C=N–C) groups is 1. The van der Waals surface area contributed by atoms with Crippen molar-refractivity contribution < 1.29 is 9.66 Å². The fourth-order valence-corrected chi connectivity index (χ4v) is 2.37. The van der Waals surface area contributed by atoms with Crippen LogP contribution in [0.4, 0.5) is 5.69 Å². The zero-order valence-electron chi connectivity index (χ0n) is 15.2. The van der Waals surface area contributed by atoms with Gasteiger partial charge in [-0.2, -0.15) is 0 Å². The molecule has 0 heterocycles. The van der Waals surface area contributed by atoms with E-state index < -0.39 is 4.92 Å². The van der Waals surface area contributed by atoms with E-state index in [-0.39, 0.29) is 11.8 Å². The molecule has 0 aliphatic carbocycles. The Labute approximate surface area is 153 Å². The zero-order chi connectivity index (χ0) is 18.9. The minimum Gasteiger partial charge on any atom is -0.489 e. The Kier molecular flexibility index (Phi) is 6.96. The predicted molar refractivity (Wildman–Crippen MR) is 103 cm³/mol. The van der Waals surface area contributed by atoms with Crippen LogP contribution >= 0.6 is 0 Å². The quantitative estimate of drug-likeness (QED) is 0.344. The van der Waals surface area contributed by atoms with E-state index >= 15 is 0 Å². The molecule has 2 N–H and O–H groups in total. The lowest BCUT2D eigenvalue weighted by atomic mass is 10.2. The Morgan fingerprint density at radius 3 is 2.69 bits per heavy atom. The lowest BCUT2D eigenvalue weighted by molar-refractivity contribution is -0.384. The number of rotatable bonds is 7. The molecule has 0 saturated carbocycles. The summed E-state index contributed by atoms with van der Waals surface area (Å²) in [7, 11) is 1.68. The van der Waals surface area contributed by atoms with Crippen LogP contribution in [0, 0.1) is 17.0 Å². The topological polar surface area (TPSA) is 88.8 Å². The van der Waals surface area contributed by atoms with Gasteiger partial charge < -0.3 is 15.4 Å². The molecular formula is C19H24N4O3. The van der Waals surface area contributed by atoms with Crippen LogP contribution in [0.25, 0.3) is 0 Å². The lowest BCUT2D eigenvalue weighted by Gasteiger charge is -2.18. The number of non-ortho nitro benzene ring substituents is 1. The molecule has 7 heteroatoms. The smallest absolute Gasteiger partial charge is 0.269 e. The first-order valence-corrected chi connectivity index (χ1v) is 8.39. The molecule has 0 aromatic heterocycles. The number of guanidine groups is 1. The summed E-state index contributed by atoms with van der Waals surface area (Å²) < 4.78 is 5.92. The van der Waals surface area contributed by atoms with Gasteiger partial charge in [0.05, 0.1) is 11.5 Å². The summed E-state index contributed by atoms with van der Waals surface area (Å²) in [6, 6.07) is 14.4. The SMILES string of the molecule is CN=C(NCc1cccc([N+](=O)[O-])c1)NCC(C)Oc1ccccc1C. The van der Waals surface area contributed by atoms with Gasteiger partial charge in [0, 0.05) is 25.7 Å². The van der Waals surface area contributed by atoms with E-state index in [9.17, 15) is 10.1 Å². The molecule has 0 amide bonds. The summed E-state index contributed by atoms with van der Waals surface area (Å²) >= 11 is 0. The Morgan fingerprint density at radius 2 is 2.00 bits per heavy atom. The third-order valence-electron chi connectivity index (χ3n) is 3.78. The number of ether oxygens (including phenoxy) is 1. The highest BCUT2D eigenvalue weighted by molar-refractivity contribution is 5.79. The van der Waals surface area contributed by atoms with Crippen LogP contribution in [0.1, 0.15) is 18.1 Å². The molecule has 0 fully saturated rings. The largest absolute Gasteiger partial charge is 0.489 e. The monoisotopic (exact) mass is 356 g/mol. The second-order valence-electron chi connectivity index (χ2n) is 5.93. The van der Waals surface area contributed by atoms with Crippen molar-refractivity contribution in [2.45, 2.75) is 26.5 Å². The number of nitrogens with one attached hydrogen (secondary N) is 2. The van der Waals surface area contributed by atoms with Gasteiger partial charge in [-0.15, -0.1) is 0 Å². The lowest BCUT2D eigenvalue weighted by Crippen LogP contribution is -2.41. The molecule has 0 aliphatic rings. The maximum Gasteiger partial charge on any atom is 0.269 e. The maximum atomic E-state index is 10.8. The van der Waals surface area contributed by atoms with E-state index in [1.807, 2.05) is 44.2 Å². The molecule has 2 aromatic rings. The molecule has 1 atom stereocenters. The molecule has 0 spiro atoms. The van der Waals surface area contributed by atoms with E-state index in [1.54, 1.807) is 19.2 Å². The van der Waals surface area contributed by atoms with Crippen LogP contribution in [-0.4, -0.2) is 30.6 Å². The van der Waals surface area contributed by atoms with Crippen molar-refractivity contribution in [3.63, 3.8) is 0 Å². The highest BCUT2D eigenvalue weighted by Crippen LogP contribution is 2.17. The van der Waals surface area contributed by atoms with Crippen molar-refractivity contribution >= 4 is 11.6 Å². The third-order valence-corrected chi connectivity index (χ3v) is 3.78. The second-order valence-corrected chi connectivity index (χ2v) is 5.93. The van der Waals surface area contributed by atoms with Crippen molar-refractivity contribution in [1.29, 1.82) is 0 Å². The minimum atomic E-state index is -0.402. The highest BCUT2D eigenvalue weighted by Gasteiger charge is 2.08. The number of hydrogen-bond donors (Lipinski definition) is 2. The highest BCUT2D eigenvalue weighted by atomic mass is 16.6. The van der Waals surface area contributed by atoms with Crippen LogP contribution in [-0.2, 0) is 6.54 Å². The number of hydrogen-bond acceptors (Lipinski definition) is 4. The Bertz CT molecular complexity index is 777. The number of para-hydroxylation sites is 1. The fraction of sp³-hybridized carbons (Fsp3) is 0.316. The summed E-state index contributed by atoms with van der Waals surface area (Å²) in [4.78, 5) is 14.6. The molecule has 0 saturated heterocycles.